The van der Waals surface area contributed by atoms with Crippen LogP contribution in [0.25, 0.3) is 10.8 Å². The van der Waals surface area contributed by atoms with Crippen molar-refractivity contribution in [2.24, 2.45) is 0 Å². The standard InChI is InChI=1S/C24H22FN3O3/c1-15(20-9-5-7-17-6-3-4-8-21(17)20)26-22(29)14-27-23(30)16(2)28(24(27)31)19-12-10-18(25)11-13-19/h3-13,15-16H,14H2,1-2H3,(H,26,29)/t15-,16-/m0/s1. The monoisotopic (exact) mass is 419 g/mol. The van der Waals surface area contributed by atoms with Crippen LogP contribution in [-0.4, -0.2) is 35.3 Å². The van der Waals surface area contributed by atoms with Crippen molar-refractivity contribution in [3.63, 3.8) is 0 Å². The average Bonchev–Trinajstić information content (AvgIpc) is 2.97. The maximum atomic E-state index is 13.2. The Labute approximate surface area is 179 Å². The molecule has 1 aliphatic heterocycles. The van der Waals surface area contributed by atoms with E-state index >= 15 is 0 Å². The van der Waals surface area contributed by atoms with Crippen LogP contribution in [0.15, 0.2) is 66.7 Å². The molecule has 0 saturated carbocycles. The molecule has 1 heterocycles. The first-order valence-electron chi connectivity index (χ1n) is 10.0. The van der Waals surface area contributed by atoms with Crippen LogP contribution in [-0.2, 0) is 9.59 Å². The number of halogens is 1. The lowest BCUT2D eigenvalue weighted by molar-refractivity contribution is -0.132. The third kappa shape index (κ3) is 3.86. The molecule has 158 valence electrons. The minimum Gasteiger partial charge on any atom is -0.348 e. The zero-order valence-corrected chi connectivity index (χ0v) is 17.2. The molecule has 0 aromatic heterocycles. The number of nitrogens with zero attached hydrogens (tertiary/aromatic N) is 2. The highest BCUT2D eigenvalue weighted by Gasteiger charge is 2.44. The van der Waals surface area contributed by atoms with E-state index in [0.29, 0.717) is 5.69 Å². The van der Waals surface area contributed by atoms with E-state index in [1.165, 1.54) is 29.2 Å². The van der Waals surface area contributed by atoms with Crippen LogP contribution >= 0.6 is 0 Å². The van der Waals surface area contributed by atoms with Crippen LogP contribution in [0.4, 0.5) is 14.9 Å². The van der Waals surface area contributed by atoms with Gasteiger partial charge in [-0.3, -0.25) is 19.4 Å². The van der Waals surface area contributed by atoms with Gasteiger partial charge in [0.05, 0.1) is 6.04 Å². The van der Waals surface area contributed by atoms with Crippen molar-refractivity contribution in [3.8, 4) is 0 Å². The van der Waals surface area contributed by atoms with E-state index in [0.717, 1.165) is 21.2 Å². The second kappa shape index (κ2) is 8.18. The smallest absolute Gasteiger partial charge is 0.332 e. The van der Waals surface area contributed by atoms with E-state index in [1.54, 1.807) is 6.92 Å². The van der Waals surface area contributed by atoms with Gasteiger partial charge in [-0.25, -0.2) is 9.18 Å². The summed E-state index contributed by atoms with van der Waals surface area (Å²) in [5, 5.41) is 4.97. The van der Waals surface area contributed by atoms with E-state index in [-0.39, 0.29) is 12.6 Å². The summed E-state index contributed by atoms with van der Waals surface area (Å²) in [4.78, 5) is 40.4. The number of imide groups is 1. The molecule has 0 unspecified atom stereocenters. The van der Waals surface area contributed by atoms with E-state index in [4.69, 9.17) is 0 Å². The minimum absolute atomic E-state index is 0.308. The summed E-state index contributed by atoms with van der Waals surface area (Å²) in [6, 6.07) is 17.4. The molecule has 0 aliphatic carbocycles. The van der Waals surface area contributed by atoms with E-state index in [2.05, 4.69) is 5.32 Å². The zero-order valence-electron chi connectivity index (χ0n) is 17.2. The van der Waals surface area contributed by atoms with Gasteiger partial charge >= 0.3 is 6.03 Å². The first-order valence-corrected chi connectivity index (χ1v) is 10.0. The molecule has 1 saturated heterocycles. The molecule has 4 amide bonds. The second-order valence-electron chi connectivity index (χ2n) is 7.59. The first-order chi connectivity index (χ1) is 14.9. The number of anilines is 1. The molecule has 7 heteroatoms. The summed E-state index contributed by atoms with van der Waals surface area (Å²) in [7, 11) is 0. The Balaban J connectivity index is 1.48. The summed E-state index contributed by atoms with van der Waals surface area (Å²) in [5.74, 6) is -1.34. The Morgan fingerprint density at radius 3 is 2.45 bits per heavy atom. The lowest BCUT2D eigenvalue weighted by Crippen LogP contribution is -2.42. The number of carbonyl (C=O) groups excluding carboxylic acids is 3. The highest BCUT2D eigenvalue weighted by molar-refractivity contribution is 6.15. The number of carbonyl (C=O) groups is 3. The molecule has 2 atom stereocenters. The van der Waals surface area contributed by atoms with Crippen LogP contribution in [0.3, 0.4) is 0 Å². The summed E-state index contributed by atoms with van der Waals surface area (Å²) >= 11 is 0. The molecule has 0 spiro atoms. The number of hydrogen-bond donors (Lipinski definition) is 1. The number of amides is 4. The van der Waals surface area contributed by atoms with Crippen molar-refractivity contribution in [3.05, 3.63) is 78.1 Å². The van der Waals surface area contributed by atoms with Crippen LogP contribution in [0.2, 0.25) is 0 Å². The number of rotatable bonds is 5. The van der Waals surface area contributed by atoms with Gasteiger partial charge in [-0.1, -0.05) is 42.5 Å². The Morgan fingerprint density at radius 2 is 1.71 bits per heavy atom. The van der Waals surface area contributed by atoms with Gasteiger partial charge in [0.15, 0.2) is 0 Å². The molecule has 6 nitrogen and oxygen atoms in total. The second-order valence-corrected chi connectivity index (χ2v) is 7.59. The first kappa shape index (κ1) is 20.5. The van der Waals surface area contributed by atoms with Gasteiger partial charge in [0.2, 0.25) is 5.91 Å². The van der Waals surface area contributed by atoms with Gasteiger partial charge in [-0.05, 0) is 54.4 Å². The van der Waals surface area contributed by atoms with Gasteiger partial charge in [0.1, 0.15) is 18.4 Å². The van der Waals surface area contributed by atoms with Crippen molar-refractivity contribution in [2.45, 2.75) is 25.9 Å². The Bertz CT molecular complexity index is 1160. The van der Waals surface area contributed by atoms with Crippen molar-refractivity contribution in [1.82, 2.24) is 10.2 Å². The fraction of sp³-hybridized carbons (Fsp3) is 0.208. The maximum absolute atomic E-state index is 13.2. The maximum Gasteiger partial charge on any atom is 0.332 e. The molecular formula is C24H22FN3O3. The highest BCUT2D eigenvalue weighted by Crippen LogP contribution is 2.27. The molecule has 0 bridgehead atoms. The molecule has 31 heavy (non-hydrogen) atoms. The molecule has 1 fully saturated rings. The van der Waals surface area contributed by atoms with E-state index < -0.39 is 29.7 Å². The highest BCUT2D eigenvalue weighted by atomic mass is 19.1. The van der Waals surface area contributed by atoms with Gasteiger partial charge in [-0.15, -0.1) is 0 Å². The normalized spacial score (nSPS) is 17.3. The van der Waals surface area contributed by atoms with Crippen LogP contribution in [0.5, 0.6) is 0 Å². The SMILES string of the molecule is C[C@H](NC(=O)CN1C(=O)[C@H](C)N(c2ccc(F)cc2)C1=O)c1cccc2ccccc12. The molecule has 1 aliphatic rings. The predicted octanol–water partition coefficient (Wildman–Crippen LogP) is 4.01. The van der Waals surface area contributed by atoms with Gasteiger partial charge in [-0.2, -0.15) is 0 Å². The van der Waals surface area contributed by atoms with E-state index in [1.807, 2.05) is 49.4 Å². The van der Waals surface area contributed by atoms with Crippen molar-refractivity contribution < 1.29 is 18.8 Å². The fourth-order valence-corrected chi connectivity index (χ4v) is 3.94. The lowest BCUT2D eigenvalue weighted by atomic mass is 10.00. The molecule has 1 N–H and O–H groups in total. The Hall–Kier alpha value is -3.74. The molecule has 3 aromatic carbocycles. The quantitative estimate of drug-likeness (QED) is 0.635. The number of urea groups is 1. The molecule has 4 rings (SSSR count). The average molecular weight is 419 g/mol. The minimum atomic E-state index is -0.777. The molecule has 3 aromatic rings. The van der Waals surface area contributed by atoms with Crippen LogP contribution < -0.4 is 10.2 Å². The Kier molecular flexibility index (Phi) is 5.42. The van der Waals surface area contributed by atoms with Gasteiger partial charge in [0.25, 0.3) is 5.91 Å². The number of nitrogens with one attached hydrogen (secondary N) is 1. The predicted molar refractivity (Wildman–Crippen MR) is 116 cm³/mol. The number of benzene rings is 3. The van der Waals surface area contributed by atoms with Crippen LogP contribution in [0, 0.1) is 5.82 Å². The topological polar surface area (TPSA) is 69.7 Å². The van der Waals surface area contributed by atoms with Crippen molar-refractivity contribution in [2.75, 3.05) is 11.4 Å². The summed E-state index contributed by atoms with van der Waals surface area (Å²) in [6.07, 6.45) is 0. The van der Waals surface area contributed by atoms with Gasteiger partial charge in [0, 0.05) is 5.69 Å². The van der Waals surface area contributed by atoms with Crippen LogP contribution in [0.1, 0.15) is 25.5 Å². The summed E-state index contributed by atoms with van der Waals surface area (Å²) < 4.78 is 13.2. The number of fused-ring (bicyclic) bond motifs is 1. The third-order valence-electron chi connectivity index (χ3n) is 5.52. The zero-order chi connectivity index (χ0) is 22.1. The Morgan fingerprint density at radius 1 is 1.03 bits per heavy atom. The molecular weight excluding hydrogens is 397 g/mol. The molecule has 0 radical (unpaired) electrons. The van der Waals surface area contributed by atoms with Crippen molar-refractivity contribution in [1.29, 1.82) is 0 Å². The largest absolute Gasteiger partial charge is 0.348 e. The lowest BCUT2D eigenvalue weighted by Gasteiger charge is -2.20. The van der Waals surface area contributed by atoms with Gasteiger partial charge < -0.3 is 5.32 Å². The summed E-state index contributed by atoms with van der Waals surface area (Å²) in [6.45, 7) is 3.07. The third-order valence-corrected chi connectivity index (χ3v) is 5.52. The number of hydrogen-bond acceptors (Lipinski definition) is 3. The van der Waals surface area contributed by atoms with Crippen molar-refractivity contribution >= 4 is 34.3 Å². The fourth-order valence-electron chi connectivity index (χ4n) is 3.94. The summed E-state index contributed by atoms with van der Waals surface area (Å²) in [5.41, 5.74) is 1.35. The van der Waals surface area contributed by atoms with E-state index in [9.17, 15) is 18.8 Å².